The fraction of sp³-hybridized carbons (Fsp3) is 0.533. The highest BCUT2D eigenvalue weighted by Gasteiger charge is 2.28. The van der Waals surface area contributed by atoms with E-state index < -0.39 is 0 Å². The third-order valence-corrected chi connectivity index (χ3v) is 3.78. The zero-order valence-corrected chi connectivity index (χ0v) is 12.6. The molecule has 1 fully saturated rings. The van der Waals surface area contributed by atoms with E-state index in [-0.39, 0.29) is 24.2 Å². The molecule has 4 heteroatoms. The standard InChI is InChI=1S/C15H22N2O.ClH/c1-10(2)12-4-6-14(7-5-12)17-15(18)11(3)13-8-16-9-13;/h4-7,10-11,13,16H,8-9H2,1-3H3,(H,17,18);1H. The number of rotatable bonds is 4. The molecule has 1 amide bonds. The normalized spacial score (nSPS) is 16.4. The molecular formula is C15H23ClN2O. The van der Waals surface area contributed by atoms with E-state index in [1.165, 1.54) is 5.56 Å². The number of amides is 1. The molecule has 106 valence electrons. The van der Waals surface area contributed by atoms with Crippen LogP contribution in [-0.4, -0.2) is 19.0 Å². The number of hydrogen-bond acceptors (Lipinski definition) is 2. The van der Waals surface area contributed by atoms with Crippen LogP contribution in [0.15, 0.2) is 24.3 Å². The summed E-state index contributed by atoms with van der Waals surface area (Å²) in [7, 11) is 0. The molecule has 1 heterocycles. The highest BCUT2D eigenvalue weighted by atomic mass is 35.5. The van der Waals surface area contributed by atoms with Crippen LogP contribution in [0.1, 0.15) is 32.3 Å². The van der Waals surface area contributed by atoms with Gasteiger partial charge in [-0.1, -0.05) is 32.9 Å². The average molecular weight is 283 g/mol. The predicted molar refractivity (Wildman–Crippen MR) is 81.9 cm³/mol. The Hall–Kier alpha value is -1.06. The number of nitrogens with one attached hydrogen (secondary N) is 2. The van der Waals surface area contributed by atoms with Gasteiger partial charge >= 0.3 is 0 Å². The maximum Gasteiger partial charge on any atom is 0.227 e. The van der Waals surface area contributed by atoms with E-state index in [4.69, 9.17) is 0 Å². The van der Waals surface area contributed by atoms with Gasteiger partial charge in [-0.3, -0.25) is 4.79 Å². The lowest BCUT2D eigenvalue weighted by Crippen LogP contribution is -2.48. The second kappa shape index (κ2) is 6.92. The van der Waals surface area contributed by atoms with Crippen molar-refractivity contribution in [2.45, 2.75) is 26.7 Å². The van der Waals surface area contributed by atoms with Gasteiger partial charge in [-0.2, -0.15) is 0 Å². The minimum absolute atomic E-state index is 0. The van der Waals surface area contributed by atoms with E-state index in [2.05, 4.69) is 36.6 Å². The van der Waals surface area contributed by atoms with Gasteiger partial charge in [0.05, 0.1) is 0 Å². The molecule has 2 N–H and O–H groups in total. The van der Waals surface area contributed by atoms with Crippen LogP contribution < -0.4 is 10.6 Å². The summed E-state index contributed by atoms with van der Waals surface area (Å²) in [5.74, 6) is 1.21. The molecule has 0 bridgehead atoms. The van der Waals surface area contributed by atoms with Gasteiger partial charge in [-0.15, -0.1) is 12.4 Å². The van der Waals surface area contributed by atoms with E-state index in [9.17, 15) is 4.79 Å². The first kappa shape index (κ1) is 16.0. The lowest BCUT2D eigenvalue weighted by Gasteiger charge is -2.31. The predicted octanol–water partition coefficient (Wildman–Crippen LogP) is 3.03. The Kier molecular flexibility index (Phi) is 5.83. The Labute approximate surface area is 121 Å². The third kappa shape index (κ3) is 3.95. The van der Waals surface area contributed by atoms with Crippen LogP contribution in [0.2, 0.25) is 0 Å². The smallest absolute Gasteiger partial charge is 0.227 e. The summed E-state index contributed by atoms with van der Waals surface area (Å²) in [5, 5.41) is 6.19. The molecule has 3 nitrogen and oxygen atoms in total. The molecule has 1 aromatic rings. The lowest BCUT2D eigenvalue weighted by atomic mass is 9.88. The first-order chi connectivity index (χ1) is 8.58. The van der Waals surface area contributed by atoms with Gasteiger partial charge < -0.3 is 10.6 Å². The fourth-order valence-electron chi connectivity index (χ4n) is 2.09. The van der Waals surface area contributed by atoms with Crippen molar-refractivity contribution in [2.24, 2.45) is 11.8 Å². The fourth-order valence-corrected chi connectivity index (χ4v) is 2.09. The monoisotopic (exact) mass is 282 g/mol. The van der Waals surface area contributed by atoms with E-state index >= 15 is 0 Å². The Balaban J connectivity index is 0.00000180. The van der Waals surface area contributed by atoms with Gasteiger partial charge in [-0.25, -0.2) is 0 Å². The molecule has 1 atom stereocenters. The molecule has 1 saturated heterocycles. The quantitative estimate of drug-likeness (QED) is 0.891. The number of anilines is 1. The number of halogens is 1. The van der Waals surface area contributed by atoms with Gasteiger partial charge in [0.25, 0.3) is 0 Å². The molecule has 19 heavy (non-hydrogen) atoms. The zero-order chi connectivity index (χ0) is 13.1. The molecular weight excluding hydrogens is 260 g/mol. The maximum atomic E-state index is 12.0. The van der Waals surface area contributed by atoms with Crippen molar-refractivity contribution >= 4 is 24.0 Å². The first-order valence-corrected chi connectivity index (χ1v) is 6.69. The topological polar surface area (TPSA) is 41.1 Å². The zero-order valence-electron chi connectivity index (χ0n) is 11.8. The van der Waals surface area contributed by atoms with Crippen LogP contribution >= 0.6 is 12.4 Å². The Morgan fingerprint density at radius 1 is 1.21 bits per heavy atom. The van der Waals surface area contributed by atoms with Crippen LogP contribution in [0.4, 0.5) is 5.69 Å². The summed E-state index contributed by atoms with van der Waals surface area (Å²) < 4.78 is 0. The first-order valence-electron chi connectivity index (χ1n) is 6.69. The summed E-state index contributed by atoms with van der Waals surface area (Å²) in [5.41, 5.74) is 2.19. The Morgan fingerprint density at radius 2 is 1.79 bits per heavy atom. The van der Waals surface area contributed by atoms with Crippen molar-refractivity contribution in [3.63, 3.8) is 0 Å². The van der Waals surface area contributed by atoms with Crippen LogP contribution in [0.5, 0.6) is 0 Å². The average Bonchev–Trinajstić information content (AvgIpc) is 2.27. The SMILES string of the molecule is CC(C)c1ccc(NC(=O)C(C)C2CNC2)cc1.Cl. The summed E-state index contributed by atoms with van der Waals surface area (Å²) >= 11 is 0. The maximum absolute atomic E-state index is 12.0. The largest absolute Gasteiger partial charge is 0.326 e. The molecule has 0 saturated carbocycles. The van der Waals surface area contributed by atoms with Crippen molar-refractivity contribution in [1.29, 1.82) is 0 Å². The van der Waals surface area contributed by atoms with Crippen LogP contribution in [-0.2, 0) is 4.79 Å². The van der Waals surface area contributed by atoms with Crippen LogP contribution in [0.25, 0.3) is 0 Å². The molecule has 0 aliphatic carbocycles. The summed E-state index contributed by atoms with van der Waals surface area (Å²) in [6, 6.07) is 8.13. The minimum Gasteiger partial charge on any atom is -0.326 e. The van der Waals surface area contributed by atoms with Crippen LogP contribution in [0.3, 0.4) is 0 Å². The summed E-state index contributed by atoms with van der Waals surface area (Å²) in [6.45, 7) is 8.25. The molecule has 0 radical (unpaired) electrons. The summed E-state index contributed by atoms with van der Waals surface area (Å²) in [6.07, 6.45) is 0. The summed E-state index contributed by atoms with van der Waals surface area (Å²) in [4.78, 5) is 12.0. The highest BCUT2D eigenvalue weighted by Crippen LogP contribution is 2.20. The van der Waals surface area contributed by atoms with Crippen LogP contribution in [0, 0.1) is 11.8 Å². The van der Waals surface area contributed by atoms with E-state index in [0.29, 0.717) is 11.8 Å². The second-order valence-electron chi connectivity index (χ2n) is 5.47. The van der Waals surface area contributed by atoms with Gasteiger partial charge in [0.1, 0.15) is 0 Å². The second-order valence-corrected chi connectivity index (χ2v) is 5.47. The van der Waals surface area contributed by atoms with E-state index in [1.807, 2.05) is 19.1 Å². The van der Waals surface area contributed by atoms with E-state index in [1.54, 1.807) is 0 Å². The van der Waals surface area contributed by atoms with Crippen molar-refractivity contribution < 1.29 is 4.79 Å². The number of hydrogen-bond donors (Lipinski definition) is 2. The van der Waals surface area contributed by atoms with Crippen molar-refractivity contribution in [3.8, 4) is 0 Å². The lowest BCUT2D eigenvalue weighted by molar-refractivity contribution is -0.121. The Bertz CT molecular complexity index is 413. The number of carbonyl (C=O) groups is 1. The van der Waals surface area contributed by atoms with Gasteiger partial charge in [-0.05, 0) is 42.6 Å². The van der Waals surface area contributed by atoms with Crippen molar-refractivity contribution in [1.82, 2.24) is 5.32 Å². The third-order valence-electron chi connectivity index (χ3n) is 3.78. The molecule has 1 aromatic carbocycles. The van der Waals surface area contributed by atoms with E-state index in [0.717, 1.165) is 18.8 Å². The van der Waals surface area contributed by atoms with Gasteiger partial charge in [0.15, 0.2) is 0 Å². The van der Waals surface area contributed by atoms with Crippen molar-refractivity contribution in [2.75, 3.05) is 18.4 Å². The van der Waals surface area contributed by atoms with Gasteiger partial charge in [0.2, 0.25) is 5.91 Å². The molecule has 2 rings (SSSR count). The Morgan fingerprint density at radius 3 is 2.21 bits per heavy atom. The van der Waals surface area contributed by atoms with Gasteiger partial charge in [0, 0.05) is 11.6 Å². The molecule has 1 aliphatic heterocycles. The highest BCUT2D eigenvalue weighted by molar-refractivity contribution is 5.92. The molecule has 1 aliphatic rings. The number of benzene rings is 1. The molecule has 1 unspecified atom stereocenters. The molecule has 0 spiro atoms. The molecule has 0 aromatic heterocycles. The minimum atomic E-state index is 0. The van der Waals surface area contributed by atoms with Crippen molar-refractivity contribution in [3.05, 3.63) is 29.8 Å². The number of carbonyl (C=O) groups excluding carboxylic acids is 1.